The van der Waals surface area contributed by atoms with Crippen molar-refractivity contribution in [3.8, 4) is 0 Å². The van der Waals surface area contributed by atoms with Crippen molar-refractivity contribution in [2.24, 2.45) is 4.99 Å². The average Bonchev–Trinajstić information content (AvgIpc) is 2.05. The lowest BCUT2D eigenvalue weighted by Gasteiger charge is -2.19. The van der Waals surface area contributed by atoms with Gasteiger partial charge in [0.25, 0.3) is 0 Å². The van der Waals surface area contributed by atoms with E-state index in [-0.39, 0.29) is 6.04 Å². The molecule has 2 aliphatic heterocycles. The summed E-state index contributed by atoms with van der Waals surface area (Å²) >= 11 is 0. The van der Waals surface area contributed by atoms with Crippen molar-refractivity contribution >= 4 is 6.21 Å². The van der Waals surface area contributed by atoms with Crippen LogP contribution in [0.4, 0.5) is 0 Å². The van der Waals surface area contributed by atoms with Crippen LogP contribution in [0.1, 0.15) is 6.42 Å². The van der Waals surface area contributed by atoms with Gasteiger partial charge in [-0.15, -0.1) is 0 Å². The molecule has 0 saturated heterocycles. The fourth-order valence-corrected chi connectivity index (χ4v) is 1.23. The van der Waals surface area contributed by atoms with Gasteiger partial charge in [0, 0.05) is 12.4 Å². The number of allylic oxidation sites excluding steroid dienone is 1. The standard InChI is InChI=1S/C8H9N2/c1-2-7-3-5-9-6-8(7)10-4-1/h1,3-4,6,8H,2,5H2. The Morgan fingerprint density at radius 1 is 1.50 bits per heavy atom. The van der Waals surface area contributed by atoms with Crippen LogP contribution in [0.25, 0.3) is 0 Å². The molecule has 2 nitrogen and oxygen atoms in total. The lowest BCUT2D eigenvalue weighted by atomic mass is 10.0. The number of fused-ring (bicyclic) bond motifs is 1. The van der Waals surface area contributed by atoms with Crippen molar-refractivity contribution in [3.63, 3.8) is 0 Å². The maximum atomic E-state index is 4.25. The fraction of sp³-hybridized carbons (Fsp3) is 0.375. The van der Waals surface area contributed by atoms with Crippen LogP contribution in [0.5, 0.6) is 0 Å². The highest BCUT2D eigenvalue weighted by atomic mass is 14.9. The molecule has 0 aromatic rings. The van der Waals surface area contributed by atoms with Crippen molar-refractivity contribution in [2.45, 2.75) is 12.5 Å². The highest BCUT2D eigenvalue weighted by molar-refractivity contribution is 5.71. The maximum Gasteiger partial charge on any atom is 0.106 e. The molecule has 1 radical (unpaired) electrons. The zero-order valence-corrected chi connectivity index (χ0v) is 5.70. The van der Waals surface area contributed by atoms with Gasteiger partial charge in [-0.3, -0.25) is 10.3 Å². The zero-order chi connectivity index (χ0) is 6.81. The number of aliphatic imine (C=N–C) groups is 1. The fourth-order valence-electron chi connectivity index (χ4n) is 1.23. The number of rotatable bonds is 0. The van der Waals surface area contributed by atoms with Gasteiger partial charge in [-0.1, -0.05) is 12.2 Å². The normalized spacial score (nSPS) is 28.8. The highest BCUT2D eigenvalue weighted by Crippen LogP contribution is 2.15. The first-order valence-corrected chi connectivity index (χ1v) is 3.50. The zero-order valence-electron chi connectivity index (χ0n) is 5.70. The molecule has 2 rings (SSSR count). The lowest BCUT2D eigenvalue weighted by molar-refractivity contribution is 0.759. The van der Waals surface area contributed by atoms with Crippen LogP contribution in [0.15, 0.2) is 28.9 Å². The second kappa shape index (κ2) is 2.29. The highest BCUT2D eigenvalue weighted by Gasteiger charge is 2.15. The van der Waals surface area contributed by atoms with Crippen molar-refractivity contribution < 1.29 is 0 Å². The number of dihydropyridines is 1. The van der Waals surface area contributed by atoms with Crippen molar-refractivity contribution in [3.05, 3.63) is 23.9 Å². The number of hydrogen-bond donors (Lipinski definition) is 0. The molecule has 0 aromatic heterocycles. The predicted octanol–water partition coefficient (Wildman–Crippen LogP) is 0.888. The van der Waals surface area contributed by atoms with E-state index in [1.165, 1.54) is 5.57 Å². The van der Waals surface area contributed by atoms with Gasteiger partial charge in [-0.25, -0.2) is 0 Å². The van der Waals surface area contributed by atoms with Crippen LogP contribution in [-0.2, 0) is 0 Å². The van der Waals surface area contributed by atoms with Crippen molar-refractivity contribution in [1.82, 2.24) is 5.32 Å². The molecule has 1 atom stereocenters. The molecular weight excluding hydrogens is 124 g/mol. The summed E-state index contributed by atoms with van der Waals surface area (Å²) in [5.41, 5.74) is 1.40. The Labute approximate surface area is 60.3 Å². The van der Waals surface area contributed by atoms with Crippen molar-refractivity contribution in [2.75, 3.05) is 6.54 Å². The van der Waals surface area contributed by atoms with Crippen LogP contribution in [-0.4, -0.2) is 18.8 Å². The summed E-state index contributed by atoms with van der Waals surface area (Å²) in [6, 6.07) is 0.263. The minimum absolute atomic E-state index is 0.263. The van der Waals surface area contributed by atoms with E-state index in [0.29, 0.717) is 0 Å². The molecule has 10 heavy (non-hydrogen) atoms. The third-order valence-electron chi connectivity index (χ3n) is 1.79. The van der Waals surface area contributed by atoms with E-state index in [2.05, 4.69) is 22.5 Å². The van der Waals surface area contributed by atoms with Gasteiger partial charge in [0.15, 0.2) is 0 Å². The predicted molar refractivity (Wildman–Crippen MR) is 41.1 cm³/mol. The molecule has 0 aromatic carbocycles. The molecule has 51 valence electrons. The van der Waals surface area contributed by atoms with Crippen LogP contribution < -0.4 is 5.32 Å². The van der Waals surface area contributed by atoms with E-state index in [1.54, 1.807) is 0 Å². The van der Waals surface area contributed by atoms with Gasteiger partial charge in [0.1, 0.15) is 6.04 Å². The smallest absolute Gasteiger partial charge is 0.106 e. The van der Waals surface area contributed by atoms with Gasteiger partial charge in [-0.2, -0.15) is 0 Å². The van der Waals surface area contributed by atoms with Gasteiger partial charge in [0.2, 0.25) is 0 Å². The lowest BCUT2D eigenvalue weighted by Crippen LogP contribution is -2.27. The molecule has 0 amide bonds. The van der Waals surface area contributed by atoms with E-state index < -0.39 is 0 Å². The Morgan fingerprint density at radius 2 is 2.50 bits per heavy atom. The summed E-state index contributed by atoms with van der Waals surface area (Å²) in [4.78, 5) is 4.13. The Morgan fingerprint density at radius 3 is 3.40 bits per heavy atom. The van der Waals surface area contributed by atoms with E-state index >= 15 is 0 Å². The SMILES string of the molecule is C1=C[N]C2C=NCC=C2C1. The number of nitrogens with zero attached hydrogens (tertiary/aromatic N) is 2. The third kappa shape index (κ3) is 0.856. The molecule has 0 bridgehead atoms. The average molecular weight is 133 g/mol. The van der Waals surface area contributed by atoms with E-state index in [1.807, 2.05) is 12.4 Å². The minimum Gasteiger partial charge on any atom is -0.291 e. The second-order valence-corrected chi connectivity index (χ2v) is 2.48. The molecule has 0 N–H and O–H groups in total. The molecule has 1 unspecified atom stereocenters. The summed E-state index contributed by atoms with van der Waals surface area (Å²) in [7, 11) is 0. The Balaban J connectivity index is 2.23. The largest absolute Gasteiger partial charge is 0.291 e. The van der Waals surface area contributed by atoms with Crippen LogP contribution >= 0.6 is 0 Å². The summed E-state index contributed by atoms with van der Waals surface area (Å²) in [5.74, 6) is 0. The van der Waals surface area contributed by atoms with Gasteiger partial charge >= 0.3 is 0 Å². The second-order valence-electron chi connectivity index (χ2n) is 2.48. The maximum absolute atomic E-state index is 4.25. The Kier molecular flexibility index (Phi) is 1.31. The molecule has 2 heterocycles. The molecule has 2 aliphatic rings. The van der Waals surface area contributed by atoms with Crippen molar-refractivity contribution in [1.29, 1.82) is 0 Å². The monoisotopic (exact) mass is 133 g/mol. The van der Waals surface area contributed by atoms with Gasteiger partial charge < -0.3 is 0 Å². The number of hydrogen-bond acceptors (Lipinski definition) is 1. The molecular formula is C8H9N2. The summed E-state index contributed by atoms with van der Waals surface area (Å²) in [6.07, 6.45) is 9.11. The molecule has 0 spiro atoms. The van der Waals surface area contributed by atoms with E-state index in [0.717, 1.165) is 13.0 Å². The minimum atomic E-state index is 0.263. The molecule has 0 saturated carbocycles. The first kappa shape index (κ1) is 5.71. The van der Waals surface area contributed by atoms with E-state index in [4.69, 9.17) is 0 Å². The van der Waals surface area contributed by atoms with E-state index in [9.17, 15) is 0 Å². The first-order chi connectivity index (χ1) is 4.97. The Bertz CT molecular complexity index is 213. The molecule has 2 heteroatoms. The quantitative estimate of drug-likeness (QED) is 0.439. The molecule has 0 fully saturated rings. The van der Waals surface area contributed by atoms with Crippen LogP contribution in [0.2, 0.25) is 0 Å². The topological polar surface area (TPSA) is 26.5 Å². The first-order valence-electron chi connectivity index (χ1n) is 3.50. The Hall–Kier alpha value is -1.05. The summed E-state index contributed by atoms with van der Waals surface area (Å²) < 4.78 is 0. The van der Waals surface area contributed by atoms with Crippen LogP contribution in [0.3, 0.4) is 0 Å². The summed E-state index contributed by atoms with van der Waals surface area (Å²) in [6.45, 7) is 0.842. The molecule has 0 aliphatic carbocycles. The third-order valence-corrected chi connectivity index (χ3v) is 1.79. The van der Waals surface area contributed by atoms with Crippen LogP contribution in [0, 0.1) is 0 Å². The summed E-state index contributed by atoms with van der Waals surface area (Å²) in [5, 5.41) is 4.25. The van der Waals surface area contributed by atoms with Gasteiger partial charge in [0.05, 0.1) is 6.54 Å². The van der Waals surface area contributed by atoms with Gasteiger partial charge in [-0.05, 0) is 12.0 Å².